The van der Waals surface area contributed by atoms with Gasteiger partial charge in [-0.25, -0.2) is 4.79 Å². The fraction of sp³-hybridized carbons (Fsp3) is 0.381. The first-order valence-corrected chi connectivity index (χ1v) is 9.30. The number of hydrogen-bond donors (Lipinski definition) is 2. The van der Waals surface area contributed by atoms with Crippen molar-refractivity contribution in [2.75, 3.05) is 27.4 Å². The Kier molecular flexibility index (Phi) is 4.90. The Morgan fingerprint density at radius 3 is 2.46 bits per heavy atom. The topological polar surface area (TPSA) is 78.1 Å². The molecular weight excluding hydrogens is 360 g/mol. The van der Waals surface area contributed by atoms with Crippen LogP contribution < -0.4 is 29.6 Å². The second-order valence-corrected chi connectivity index (χ2v) is 6.94. The average Bonchev–Trinajstić information content (AvgIpc) is 3.52. The molecule has 0 radical (unpaired) electrons. The monoisotopic (exact) mass is 384 g/mol. The minimum atomic E-state index is -0.336. The number of benzene rings is 2. The Balaban J connectivity index is 1.38. The lowest BCUT2D eigenvalue weighted by Gasteiger charge is -2.23. The van der Waals surface area contributed by atoms with Crippen LogP contribution in [-0.2, 0) is 12.1 Å². The highest BCUT2D eigenvalue weighted by Crippen LogP contribution is 2.47. The fourth-order valence-corrected chi connectivity index (χ4v) is 3.39. The quantitative estimate of drug-likeness (QED) is 0.801. The molecule has 1 aliphatic carbocycles. The van der Waals surface area contributed by atoms with Crippen LogP contribution in [0.4, 0.5) is 4.79 Å². The summed E-state index contributed by atoms with van der Waals surface area (Å²) < 4.78 is 21.8. The SMILES string of the molecule is COc1ccc(CNC(=O)NC2(c3ccc4c(c3)OCCO4)CC2)cc1OC. The molecule has 2 N–H and O–H groups in total. The summed E-state index contributed by atoms with van der Waals surface area (Å²) in [5.74, 6) is 2.79. The molecule has 0 unspecified atom stereocenters. The smallest absolute Gasteiger partial charge is 0.315 e. The van der Waals surface area contributed by atoms with Gasteiger partial charge in [-0.1, -0.05) is 12.1 Å². The van der Waals surface area contributed by atoms with Gasteiger partial charge in [0, 0.05) is 6.54 Å². The number of fused-ring (bicyclic) bond motifs is 1. The van der Waals surface area contributed by atoms with Gasteiger partial charge in [0.15, 0.2) is 23.0 Å². The van der Waals surface area contributed by atoms with Gasteiger partial charge in [-0.15, -0.1) is 0 Å². The summed E-state index contributed by atoms with van der Waals surface area (Å²) in [5, 5.41) is 6.02. The van der Waals surface area contributed by atoms with E-state index in [9.17, 15) is 4.79 Å². The van der Waals surface area contributed by atoms with Gasteiger partial charge in [-0.2, -0.15) is 0 Å². The number of carbonyl (C=O) groups excluding carboxylic acids is 1. The van der Waals surface area contributed by atoms with E-state index in [1.54, 1.807) is 14.2 Å². The van der Waals surface area contributed by atoms with Crippen molar-refractivity contribution in [2.24, 2.45) is 0 Å². The number of carbonyl (C=O) groups is 1. The van der Waals surface area contributed by atoms with E-state index in [0.717, 1.165) is 35.5 Å². The maximum Gasteiger partial charge on any atom is 0.315 e. The molecule has 148 valence electrons. The van der Waals surface area contributed by atoms with E-state index in [0.29, 0.717) is 31.3 Å². The molecule has 4 rings (SSSR count). The van der Waals surface area contributed by atoms with Gasteiger partial charge in [-0.3, -0.25) is 0 Å². The second-order valence-electron chi connectivity index (χ2n) is 6.94. The molecular formula is C21H24N2O5. The summed E-state index contributed by atoms with van der Waals surface area (Å²) in [7, 11) is 3.18. The van der Waals surface area contributed by atoms with E-state index in [-0.39, 0.29) is 11.6 Å². The predicted molar refractivity (Wildman–Crippen MR) is 103 cm³/mol. The van der Waals surface area contributed by atoms with Gasteiger partial charge in [0.2, 0.25) is 0 Å². The molecule has 1 fully saturated rings. The van der Waals surface area contributed by atoms with Gasteiger partial charge in [0.25, 0.3) is 0 Å². The number of hydrogen-bond acceptors (Lipinski definition) is 5. The summed E-state index contributed by atoms with van der Waals surface area (Å²) in [6, 6.07) is 11.2. The average molecular weight is 384 g/mol. The molecule has 0 bridgehead atoms. The van der Waals surface area contributed by atoms with Crippen LogP contribution >= 0.6 is 0 Å². The minimum Gasteiger partial charge on any atom is -0.493 e. The molecule has 0 aromatic heterocycles. The van der Waals surface area contributed by atoms with Crippen molar-refractivity contribution in [1.29, 1.82) is 0 Å². The van der Waals surface area contributed by atoms with Crippen molar-refractivity contribution < 1.29 is 23.7 Å². The molecule has 0 atom stereocenters. The van der Waals surface area contributed by atoms with Gasteiger partial charge in [-0.05, 0) is 48.2 Å². The van der Waals surface area contributed by atoms with Gasteiger partial charge in [0.1, 0.15) is 13.2 Å². The van der Waals surface area contributed by atoms with Crippen LogP contribution in [0.25, 0.3) is 0 Å². The molecule has 1 saturated carbocycles. The van der Waals surface area contributed by atoms with Crippen molar-refractivity contribution in [3.63, 3.8) is 0 Å². The summed E-state index contributed by atoms with van der Waals surface area (Å²) in [4.78, 5) is 12.5. The van der Waals surface area contributed by atoms with Crippen LogP contribution in [0.3, 0.4) is 0 Å². The van der Waals surface area contributed by atoms with Crippen molar-refractivity contribution in [3.8, 4) is 23.0 Å². The van der Waals surface area contributed by atoms with Crippen LogP contribution in [0.2, 0.25) is 0 Å². The molecule has 2 aliphatic rings. The van der Waals surface area contributed by atoms with E-state index in [1.165, 1.54) is 0 Å². The number of urea groups is 1. The first-order chi connectivity index (χ1) is 13.6. The van der Waals surface area contributed by atoms with Crippen molar-refractivity contribution in [3.05, 3.63) is 47.5 Å². The zero-order valence-corrected chi connectivity index (χ0v) is 16.0. The predicted octanol–water partition coefficient (Wildman–Crippen LogP) is 2.96. The van der Waals surface area contributed by atoms with Crippen molar-refractivity contribution in [1.82, 2.24) is 10.6 Å². The Bertz CT molecular complexity index is 879. The Labute approximate surface area is 163 Å². The number of ether oxygens (including phenoxy) is 4. The highest BCUT2D eigenvalue weighted by Gasteiger charge is 2.46. The zero-order chi connectivity index (χ0) is 19.6. The van der Waals surface area contributed by atoms with Crippen molar-refractivity contribution >= 4 is 6.03 Å². The molecule has 1 heterocycles. The summed E-state index contributed by atoms with van der Waals surface area (Å²) in [5.41, 5.74) is 1.63. The fourth-order valence-electron chi connectivity index (χ4n) is 3.39. The Hall–Kier alpha value is -3.09. The largest absolute Gasteiger partial charge is 0.493 e. The number of amides is 2. The van der Waals surface area contributed by atoms with E-state index >= 15 is 0 Å². The minimum absolute atomic E-state index is 0.206. The summed E-state index contributed by atoms with van der Waals surface area (Å²) in [6.07, 6.45) is 1.80. The van der Waals surface area contributed by atoms with Crippen molar-refractivity contribution in [2.45, 2.75) is 24.9 Å². The van der Waals surface area contributed by atoms with Gasteiger partial charge < -0.3 is 29.6 Å². The third kappa shape index (κ3) is 3.65. The lowest BCUT2D eigenvalue weighted by Crippen LogP contribution is -2.42. The van der Waals surface area contributed by atoms with E-state index in [2.05, 4.69) is 10.6 Å². The first-order valence-electron chi connectivity index (χ1n) is 9.30. The third-order valence-corrected chi connectivity index (χ3v) is 5.10. The van der Waals surface area contributed by atoms with Crippen LogP contribution in [-0.4, -0.2) is 33.5 Å². The summed E-state index contributed by atoms with van der Waals surface area (Å²) in [6.45, 7) is 1.50. The Morgan fingerprint density at radius 2 is 1.75 bits per heavy atom. The molecule has 2 aromatic rings. The van der Waals surface area contributed by atoms with Crippen LogP contribution in [0, 0.1) is 0 Å². The number of methoxy groups -OCH3 is 2. The molecule has 7 nitrogen and oxygen atoms in total. The van der Waals surface area contributed by atoms with E-state index in [1.807, 2.05) is 36.4 Å². The molecule has 2 aromatic carbocycles. The second kappa shape index (κ2) is 7.50. The molecule has 0 spiro atoms. The number of nitrogens with one attached hydrogen (secondary N) is 2. The van der Waals surface area contributed by atoms with Crippen LogP contribution in [0.1, 0.15) is 24.0 Å². The highest BCUT2D eigenvalue weighted by atomic mass is 16.6. The molecule has 28 heavy (non-hydrogen) atoms. The van der Waals surface area contributed by atoms with Crippen LogP contribution in [0.5, 0.6) is 23.0 Å². The highest BCUT2D eigenvalue weighted by molar-refractivity contribution is 5.76. The lowest BCUT2D eigenvalue weighted by atomic mass is 10.0. The summed E-state index contributed by atoms with van der Waals surface area (Å²) >= 11 is 0. The standard InChI is InChI=1S/C21H24N2O5/c1-25-16-5-3-14(11-18(16)26-2)13-22-20(24)23-21(7-8-21)15-4-6-17-19(12-15)28-10-9-27-17/h3-6,11-12H,7-10,13H2,1-2H3,(H2,22,23,24). The zero-order valence-electron chi connectivity index (χ0n) is 16.0. The molecule has 0 saturated heterocycles. The van der Waals surface area contributed by atoms with E-state index in [4.69, 9.17) is 18.9 Å². The van der Waals surface area contributed by atoms with Crippen LogP contribution in [0.15, 0.2) is 36.4 Å². The first kappa shape index (κ1) is 18.3. The Morgan fingerprint density at radius 1 is 1.00 bits per heavy atom. The lowest BCUT2D eigenvalue weighted by molar-refractivity contribution is 0.171. The number of rotatable bonds is 6. The normalized spacial score (nSPS) is 16.1. The maximum absolute atomic E-state index is 12.5. The molecule has 7 heteroatoms. The van der Waals surface area contributed by atoms with E-state index < -0.39 is 0 Å². The van der Waals surface area contributed by atoms with Gasteiger partial charge >= 0.3 is 6.03 Å². The maximum atomic E-state index is 12.5. The molecule has 1 aliphatic heterocycles. The molecule has 2 amide bonds. The third-order valence-electron chi connectivity index (χ3n) is 5.10. The van der Waals surface area contributed by atoms with Gasteiger partial charge in [0.05, 0.1) is 19.8 Å².